The Morgan fingerprint density at radius 3 is 2.62 bits per heavy atom. The van der Waals surface area contributed by atoms with E-state index in [4.69, 9.17) is 10.0 Å². The predicted molar refractivity (Wildman–Crippen MR) is 58.1 cm³/mol. The molecule has 2 aromatic rings. The standard InChI is InChI=1S/C10H10BFN2O2/c1-7-13-4-5-14(7)8-2-3-9(11(15)16)10(12)6-8/h2-6,15-16H,1H3. The van der Waals surface area contributed by atoms with E-state index in [2.05, 4.69) is 4.98 Å². The highest BCUT2D eigenvalue weighted by molar-refractivity contribution is 6.58. The number of aryl methyl sites for hydroxylation is 1. The molecule has 0 bridgehead atoms. The van der Waals surface area contributed by atoms with Gasteiger partial charge in [0.25, 0.3) is 0 Å². The lowest BCUT2D eigenvalue weighted by atomic mass is 9.80. The van der Waals surface area contributed by atoms with Crippen molar-refractivity contribution in [2.24, 2.45) is 0 Å². The molecule has 0 saturated heterocycles. The minimum atomic E-state index is -1.79. The number of hydrogen-bond acceptors (Lipinski definition) is 3. The van der Waals surface area contributed by atoms with Gasteiger partial charge in [0.1, 0.15) is 11.6 Å². The fraction of sp³-hybridized carbons (Fsp3) is 0.100. The van der Waals surface area contributed by atoms with Crippen molar-refractivity contribution in [3.63, 3.8) is 0 Å². The Hall–Kier alpha value is -1.66. The van der Waals surface area contributed by atoms with Gasteiger partial charge in [0.05, 0.1) is 0 Å². The first-order chi connectivity index (χ1) is 7.59. The summed E-state index contributed by atoms with van der Waals surface area (Å²) in [5.74, 6) is 0.0808. The van der Waals surface area contributed by atoms with E-state index < -0.39 is 12.9 Å². The van der Waals surface area contributed by atoms with Crippen LogP contribution < -0.4 is 5.46 Å². The molecular formula is C10H10BFN2O2. The van der Waals surface area contributed by atoms with Crippen LogP contribution in [0.4, 0.5) is 4.39 Å². The van der Waals surface area contributed by atoms with Crippen molar-refractivity contribution in [2.75, 3.05) is 0 Å². The van der Waals surface area contributed by atoms with E-state index in [1.807, 2.05) is 0 Å². The smallest absolute Gasteiger partial charge is 0.423 e. The first kappa shape index (κ1) is 10.8. The third-order valence-corrected chi connectivity index (χ3v) is 2.37. The molecule has 0 unspecified atom stereocenters. The highest BCUT2D eigenvalue weighted by atomic mass is 19.1. The Morgan fingerprint density at radius 1 is 1.38 bits per heavy atom. The van der Waals surface area contributed by atoms with Gasteiger partial charge in [-0.1, -0.05) is 6.07 Å². The monoisotopic (exact) mass is 220 g/mol. The average molecular weight is 220 g/mol. The van der Waals surface area contributed by atoms with Gasteiger partial charge in [0.2, 0.25) is 0 Å². The second-order valence-corrected chi connectivity index (χ2v) is 3.42. The third kappa shape index (κ3) is 1.85. The van der Waals surface area contributed by atoms with Crippen molar-refractivity contribution in [1.82, 2.24) is 9.55 Å². The number of halogens is 1. The van der Waals surface area contributed by atoms with E-state index >= 15 is 0 Å². The molecule has 0 radical (unpaired) electrons. The van der Waals surface area contributed by atoms with Gasteiger partial charge in [-0.25, -0.2) is 9.37 Å². The molecule has 0 aliphatic rings. The molecule has 0 amide bonds. The fourth-order valence-electron chi connectivity index (χ4n) is 1.53. The van der Waals surface area contributed by atoms with Crippen LogP contribution >= 0.6 is 0 Å². The highest BCUT2D eigenvalue weighted by Gasteiger charge is 2.16. The first-order valence-electron chi connectivity index (χ1n) is 4.75. The Balaban J connectivity index is 2.46. The fourth-order valence-corrected chi connectivity index (χ4v) is 1.53. The normalized spacial score (nSPS) is 10.5. The van der Waals surface area contributed by atoms with E-state index in [0.29, 0.717) is 5.69 Å². The van der Waals surface area contributed by atoms with Crippen LogP contribution in [0.25, 0.3) is 5.69 Å². The summed E-state index contributed by atoms with van der Waals surface area (Å²) in [6, 6.07) is 4.19. The van der Waals surface area contributed by atoms with Gasteiger partial charge in [-0.2, -0.15) is 0 Å². The largest absolute Gasteiger partial charge is 0.491 e. The van der Waals surface area contributed by atoms with Crippen LogP contribution in [0.5, 0.6) is 0 Å². The van der Waals surface area contributed by atoms with Gasteiger partial charge in [-0.15, -0.1) is 0 Å². The summed E-state index contributed by atoms with van der Waals surface area (Å²) >= 11 is 0. The third-order valence-electron chi connectivity index (χ3n) is 2.37. The maximum Gasteiger partial charge on any atom is 0.491 e. The summed E-state index contributed by atoms with van der Waals surface area (Å²) < 4.78 is 15.2. The zero-order valence-corrected chi connectivity index (χ0v) is 8.63. The summed E-state index contributed by atoms with van der Waals surface area (Å²) in [7, 11) is -1.79. The lowest BCUT2D eigenvalue weighted by Crippen LogP contribution is -2.32. The summed E-state index contributed by atoms with van der Waals surface area (Å²) in [6.45, 7) is 1.80. The van der Waals surface area contributed by atoms with Gasteiger partial charge in [-0.3, -0.25) is 0 Å². The summed E-state index contributed by atoms with van der Waals surface area (Å²) in [5.41, 5.74) is 0.457. The number of benzene rings is 1. The van der Waals surface area contributed by atoms with Gasteiger partial charge < -0.3 is 14.6 Å². The van der Waals surface area contributed by atoms with Crippen molar-refractivity contribution >= 4 is 12.6 Å². The molecule has 82 valence electrons. The summed E-state index contributed by atoms with van der Waals surface area (Å²) in [6.07, 6.45) is 3.32. The number of hydrogen-bond donors (Lipinski definition) is 2. The van der Waals surface area contributed by atoms with Crippen LogP contribution in [-0.2, 0) is 0 Å². The molecule has 1 heterocycles. The average Bonchev–Trinajstić information content (AvgIpc) is 2.63. The number of imidazole rings is 1. The summed E-state index contributed by atoms with van der Waals surface area (Å²) in [4.78, 5) is 4.02. The van der Waals surface area contributed by atoms with E-state index in [0.717, 1.165) is 5.82 Å². The van der Waals surface area contributed by atoms with Crippen LogP contribution in [0.2, 0.25) is 0 Å². The van der Waals surface area contributed by atoms with Crippen molar-refractivity contribution in [3.8, 4) is 5.69 Å². The Kier molecular flexibility index (Phi) is 2.76. The Morgan fingerprint density at radius 2 is 2.12 bits per heavy atom. The lowest BCUT2D eigenvalue weighted by molar-refractivity contribution is 0.423. The number of aromatic nitrogens is 2. The molecule has 0 fully saturated rings. The van der Waals surface area contributed by atoms with E-state index in [-0.39, 0.29) is 5.46 Å². The molecule has 4 nitrogen and oxygen atoms in total. The van der Waals surface area contributed by atoms with Crippen LogP contribution in [0, 0.1) is 12.7 Å². The second kappa shape index (κ2) is 4.07. The molecule has 0 aliphatic heterocycles. The van der Waals surface area contributed by atoms with E-state index in [9.17, 15) is 4.39 Å². The maximum absolute atomic E-state index is 13.5. The lowest BCUT2D eigenvalue weighted by Gasteiger charge is -2.07. The predicted octanol–water partition coefficient (Wildman–Crippen LogP) is -0.000380. The zero-order valence-electron chi connectivity index (χ0n) is 8.63. The van der Waals surface area contributed by atoms with Crippen molar-refractivity contribution in [1.29, 1.82) is 0 Å². The number of rotatable bonds is 2. The Labute approximate surface area is 92.1 Å². The highest BCUT2D eigenvalue weighted by Crippen LogP contribution is 2.10. The van der Waals surface area contributed by atoms with Gasteiger partial charge in [-0.05, 0) is 19.1 Å². The van der Waals surface area contributed by atoms with Crippen LogP contribution in [-0.4, -0.2) is 26.7 Å². The first-order valence-corrected chi connectivity index (χ1v) is 4.75. The minimum absolute atomic E-state index is 0.137. The van der Waals surface area contributed by atoms with Gasteiger partial charge >= 0.3 is 7.12 Å². The molecule has 1 aromatic heterocycles. The molecule has 1 aromatic carbocycles. The van der Waals surface area contributed by atoms with Crippen LogP contribution in [0.15, 0.2) is 30.6 Å². The molecule has 0 aliphatic carbocycles. The quantitative estimate of drug-likeness (QED) is 0.700. The molecule has 0 spiro atoms. The second-order valence-electron chi connectivity index (χ2n) is 3.42. The molecule has 2 N–H and O–H groups in total. The van der Waals surface area contributed by atoms with Crippen molar-refractivity contribution in [3.05, 3.63) is 42.2 Å². The van der Waals surface area contributed by atoms with Crippen molar-refractivity contribution < 1.29 is 14.4 Å². The maximum atomic E-state index is 13.5. The molecular weight excluding hydrogens is 210 g/mol. The zero-order chi connectivity index (χ0) is 11.7. The van der Waals surface area contributed by atoms with Crippen molar-refractivity contribution in [2.45, 2.75) is 6.92 Å². The SMILES string of the molecule is Cc1nccn1-c1ccc(B(O)O)c(F)c1. The van der Waals surface area contributed by atoms with Crippen LogP contribution in [0.1, 0.15) is 5.82 Å². The van der Waals surface area contributed by atoms with Gasteiger partial charge in [0.15, 0.2) is 0 Å². The van der Waals surface area contributed by atoms with Gasteiger partial charge in [0, 0.05) is 23.5 Å². The van der Waals surface area contributed by atoms with E-state index in [1.54, 1.807) is 30.0 Å². The topological polar surface area (TPSA) is 58.3 Å². The Bertz CT molecular complexity index is 513. The molecule has 2 rings (SSSR count). The summed E-state index contributed by atoms with van der Waals surface area (Å²) in [5, 5.41) is 17.8. The molecule has 6 heteroatoms. The van der Waals surface area contributed by atoms with Crippen LogP contribution in [0.3, 0.4) is 0 Å². The number of nitrogens with zero attached hydrogens (tertiary/aromatic N) is 2. The minimum Gasteiger partial charge on any atom is -0.423 e. The molecule has 16 heavy (non-hydrogen) atoms. The van der Waals surface area contributed by atoms with E-state index in [1.165, 1.54) is 12.1 Å². The molecule has 0 atom stereocenters. The molecule has 0 saturated carbocycles.